The molecule has 0 aromatic heterocycles. The number of aromatic hydroxyl groups is 2. The van der Waals surface area contributed by atoms with E-state index in [2.05, 4.69) is 48.5 Å². The zero-order chi connectivity index (χ0) is 27.8. The van der Waals surface area contributed by atoms with Gasteiger partial charge in [-0.05, 0) is 135 Å². The molecular formula is C36H54O3. The highest BCUT2D eigenvalue weighted by Crippen LogP contribution is 2.74. The summed E-state index contributed by atoms with van der Waals surface area (Å²) in [6, 6.07) is 3.43. The topological polar surface area (TPSA) is 49.7 Å². The van der Waals surface area contributed by atoms with Crippen LogP contribution in [0.4, 0.5) is 0 Å². The molecule has 0 unspecified atom stereocenters. The van der Waals surface area contributed by atoms with Crippen molar-refractivity contribution in [2.75, 3.05) is 0 Å². The summed E-state index contributed by atoms with van der Waals surface area (Å²) in [6.45, 7) is 17.8. The Morgan fingerprint density at radius 1 is 0.692 bits per heavy atom. The third kappa shape index (κ3) is 3.21. The van der Waals surface area contributed by atoms with E-state index in [1.54, 1.807) is 12.1 Å². The van der Waals surface area contributed by atoms with Crippen LogP contribution >= 0.6 is 0 Å². The fourth-order valence-corrected chi connectivity index (χ4v) is 13.1. The molecule has 4 saturated carbocycles. The molecule has 3 heteroatoms. The molecule has 10 atom stereocenters. The van der Waals surface area contributed by atoms with E-state index in [0.29, 0.717) is 46.2 Å². The minimum absolute atomic E-state index is 0.0336. The summed E-state index contributed by atoms with van der Waals surface area (Å²) in [4.78, 5) is 0. The lowest BCUT2D eigenvalue weighted by Gasteiger charge is -2.56. The largest absolute Gasteiger partial charge is 0.508 e. The average molecular weight is 535 g/mol. The van der Waals surface area contributed by atoms with Crippen molar-refractivity contribution in [3.8, 4) is 11.5 Å². The van der Waals surface area contributed by atoms with Crippen molar-refractivity contribution in [2.45, 2.75) is 143 Å². The molecule has 7 rings (SSSR count). The van der Waals surface area contributed by atoms with Gasteiger partial charge in [-0.25, -0.2) is 0 Å². The molecule has 1 aromatic rings. The number of rotatable bonds is 1. The predicted octanol–water partition coefficient (Wildman–Crippen LogP) is 8.92. The molecule has 1 aromatic carbocycles. The monoisotopic (exact) mass is 534 g/mol. The third-order valence-electron chi connectivity index (χ3n) is 15.4. The molecule has 39 heavy (non-hydrogen) atoms. The highest BCUT2D eigenvalue weighted by atomic mass is 16.5. The maximum atomic E-state index is 11.0. The zero-order valence-electron chi connectivity index (χ0n) is 25.8. The van der Waals surface area contributed by atoms with E-state index in [4.69, 9.17) is 4.74 Å². The summed E-state index contributed by atoms with van der Waals surface area (Å²) in [5.74, 6) is 3.39. The van der Waals surface area contributed by atoms with Crippen LogP contribution in [0.25, 0.3) is 0 Å². The third-order valence-corrected chi connectivity index (χ3v) is 15.4. The van der Waals surface area contributed by atoms with Crippen molar-refractivity contribution in [3.05, 3.63) is 23.3 Å². The van der Waals surface area contributed by atoms with Gasteiger partial charge in [-0.15, -0.1) is 0 Å². The number of fused-ring (bicyclic) bond motifs is 7. The lowest BCUT2D eigenvalue weighted by Crippen LogP contribution is -2.52. The minimum Gasteiger partial charge on any atom is -0.508 e. The van der Waals surface area contributed by atoms with Gasteiger partial charge in [-0.3, -0.25) is 0 Å². The Bertz CT molecular complexity index is 1190. The van der Waals surface area contributed by atoms with Crippen LogP contribution in [0.2, 0.25) is 0 Å². The van der Waals surface area contributed by atoms with E-state index in [0.717, 1.165) is 29.9 Å². The Kier molecular flexibility index (Phi) is 5.46. The molecule has 3 nitrogen and oxygen atoms in total. The number of hydrogen-bond donors (Lipinski definition) is 2. The van der Waals surface area contributed by atoms with Crippen molar-refractivity contribution in [2.24, 2.45) is 45.3 Å². The van der Waals surface area contributed by atoms with Crippen molar-refractivity contribution in [3.63, 3.8) is 0 Å². The summed E-state index contributed by atoms with van der Waals surface area (Å²) in [5, 5.41) is 21.8. The van der Waals surface area contributed by atoms with Gasteiger partial charge >= 0.3 is 0 Å². The van der Waals surface area contributed by atoms with Gasteiger partial charge in [-0.1, -0.05) is 48.0 Å². The first kappa shape index (κ1) is 26.7. The Balaban J connectivity index is 1.22. The van der Waals surface area contributed by atoms with Crippen LogP contribution in [0.1, 0.15) is 130 Å². The van der Waals surface area contributed by atoms with Crippen LogP contribution in [0.3, 0.4) is 0 Å². The van der Waals surface area contributed by atoms with Crippen LogP contribution in [-0.2, 0) is 16.6 Å². The van der Waals surface area contributed by atoms with Gasteiger partial charge in [0.15, 0.2) is 0 Å². The number of phenols is 2. The molecule has 0 amide bonds. The second-order valence-electron chi connectivity index (χ2n) is 17.2. The average Bonchev–Trinajstić information content (AvgIpc) is 3.43. The standard InChI is InChI=1S/C36H54O3/c1-31(2)15-8-16-36(7)27(31)13-19-35(6)29(39-36)14-20-34(35,5)24-12-17-32(3)23(24)11-18-33(4)28(32)21-22-25(37)9-10-26(38)30(22)33/h9-10,23-24,27-29,37-38H,8,11-21H2,1-7H3/t23-,24+,27+,28+,29-,32+,33-,34-,35-,36+/m1/s1. The van der Waals surface area contributed by atoms with Crippen molar-refractivity contribution < 1.29 is 14.9 Å². The zero-order valence-corrected chi connectivity index (χ0v) is 25.8. The summed E-state index contributed by atoms with van der Waals surface area (Å²) >= 11 is 0. The van der Waals surface area contributed by atoms with E-state index in [1.807, 2.05) is 0 Å². The molecule has 5 aliphatic carbocycles. The molecular weight excluding hydrogens is 480 g/mol. The molecule has 0 radical (unpaired) electrons. The van der Waals surface area contributed by atoms with E-state index >= 15 is 0 Å². The molecule has 5 fully saturated rings. The summed E-state index contributed by atoms with van der Waals surface area (Å²) in [7, 11) is 0. The van der Waals surface area contributed by atoms with Gasteiger partial charge in [-0.2, -0.15) is 0 Å². The first-order chi connectivity index (χ1) is 18.2. The van der Waals surface area contributed by atoms with Gasteiger partial charge in [0.2, 0.25) is 0 Å². The quantitative estimate of drug-likeness (QED) is 0.354. The van der Waals surface area contributed by atoms with Crippen LogP contribution < -0.4 is 0 Å². The van der Waals surface area contributed by atoms with E-state index in [1.165, 1.54) is 64.2 Å². The Morgan fingerprint density at radius 2 is 1.38 bits per heavy atom. The SMILES string of the molecule is CC1(C)CCC[C@]2(C)O[C@@H]3CC[C@](C)([C@H]4CC[C@@]5(C)[C@@H]4CC[C@@]4(C)c6c(O)ccc(O)c6C[C@@H]54)[C@]3(C)CC[C@@H]12. The highest BCUT2D eigenvalue weighted by molar-refractivity contribution is 5.56. The summed E-state index contributed by atoms with van der Waals surface area (Å²) in [6.07, 6.45) is 15.3. The molecule has 0 bridgehead atoms. The highest BCUT2D eigenvalue weighted by Gasteiger charge is 2.69. The van der Waals surface area contributed by atoms with Gasteiger partial charge < -0.3 is 14.9 Å². The first-order valence-corrected chi connectivity index (χ1v) is 16.4. The van der Waals surface area contributed by atoms with Crippen LogP contribution in [0.5, 0.6) is 11.5 Å². The lowest BCUT2D eigenvalue weighted by atomic mass is 9.48. The molecule has 1 heterocycles. The smallest absolute Gasteiger partial charge is 0.119 e. The maximum Gasteiger partial charge on any atom is 0.119 e. The number of benzene rings is 1. The van der Waals surface area contributed by atoms with Crippen LogP contribution in [0, 0.1) is 45.3 Å². The molecule has 6 aliphatic rings. The van der Waals surface area contributed by atoms with Gasteiger partial charge in [0.05, 0.1) is 11.7 Å². The van der Waals surface area contributed by atoms with Crippen LogP contribution in [0.15, 0.2) is 12.1 Å². The number of hydrogen-bond acceptors (Lipinski definition) is 3. The molecule has 0 spiro atoms. The normalized spacial score (nSPS) is 51.8. The van der Waals surface area contributed by atoms with Crippen molar-refractivity contribution in [1.29, 1.82) is 0 Å². The Morgan fingerprint density at radius 3 is 2.15 bits per heavy atom. The fourth-order valence-electron chi connectivity index (χ4n) is 13.1. The molecule has 2 N–H and O–H groups in total. The lowest BCUT2D eigenvalue weighted by molar-refractivity contribution is -0.179. The van der Waals surface area contributed by atoms with E-state index in [-0.39, 0.29) is 21.8 Å². The second kappa shape index (κ2) is 7.99. The van der Waals surface area contributed by atoms with E-state index < -0.39 is 0 Å². The summed E-state index contributed by atoms with van der Waals surface area (Å²) in [5.41, 5.74) is 3.24. The maximum absolute atomic E-state index is 11.0. The first-order valence-electron chi connectivity index (χ1n) is 16.4. The Hall–Kier alpha value is -1.22. The van der Waals surface area contributed by atoms with Crippen molar-refractivity contribution >= 4 is 0 Å². The molecule has 1 aliphatic heterocycles. The number of ether oxygens (including phenoxy) is 1. The summed E-state index contributed by atoms with van der Waals surface area (Å²) < 4.78 is 7.38. The molecule has 1 saturated heterocycles. The van der Waals surface area contributed by atoms with Gasteiger partial charge in [0, 0.05) is 16.5 Å². The predicted molar refractivity (Wildman–Crippen MR) is 157 cm³/mol. The van der Waals surface area contributed by atoms with Gasteiger partial charge in [0.25, 0.3) is 0 Å². The minimum atomic E-state index is -0.0391. The second-order valence-corrected chi connectivity index (χ2v) is 17.2. The number of phenolic OH excluding ortho intramolecular Hbond substituents is 2. The van der Waals surface area contributed by atoms with Gasteiger partial charge in [0.1, 0.15) is 11.5 Å². The van der Waals surface area contributed by atoms with Crippen molar-refractivity contribution in [1.82, 2.24) is 0 Å². The van der Waals surface area contributed by atoms with E-state index in [9.17, 15) is 10.2 Å². The Labute approximate surface area is 237 Å². The molecule has 216 valence electrons. The fraction of sp³-hybridized carbons (Fsp3) is 0.833. The van der Waals surface area contributed by atoms with Crippen LogP contribution in [-0.4, -0.2) is 21.9 Å².